The Bertz CT molecular complexity index is 748. The van der Waals surface area contributed by atoms with E-state index in [1.165, 1.54) is 17.6 Å². The minimum Gasteiger partial charge on any atom is -0.348 e. The number of nitrogens with one attached hydrogen (secondary N) is 2. The summed E-state index contributed by atoms with van der Waals surface area (Å²) in [6, 6.07) is 10.1. The number of carbonyl (C=O) groups is 2. The Morgan fingerprint density at radius 3 is 2.41 bits per heavy atom. The fourth-order valence-corrected chi connectivity index (χ4v) is 1.88. The Kier molecular flexibility index (Phi) is 4.73. The van der Waals surface area contributed by atoms with E-state index in [1.807, 2.05) is 12.1 Å². The average molecular weight is 299 g/mol. The van der Waals surface area contributed by atoms with Crippen LogP contribution in [0.5, 0.6) is 0 Å². The average Bonchev–Trinajstić information content (AvgIpc) is 2.48. The standard InChI is InChI=1S/C16H17N3O3/c1-11(20)18-14-5-3-12(4-6-14)10-17-16(22)13-7-8-19(2)15(21)9-13/h3-9H,10H2,1-2H3,(H,17,22)(H,18,20). The van der Waals surface area contributed by atoms with Crippen LogP contribution < -0.4 is 16.2 Å². The van der Waals surface area contributed by atoms with E-state index in [0.29, 0.717) is 17.8 Å². The number of pyridine rings is 1. The highest BCUT2D eigenvalue weighted by molar-refractivity contribution is 5.94. The van der Waals surface area contributed by atoms with Gasteiger partial charge in [-0.3, -0.25) is 14.4 Å². The molecule has 0 unspecified atom stereocenters. The molecule has 2 amide bonds. The minimum absolute atomic E-state index is 0.133. The van der Waals surface area contributed by atoms with Gasteiger partial charge < -0.3 is 15.2 Å². The van der Waals surface area contributed by atoms with Crippen molar-refractivity contribution in [1.82, 2.24) is 9.88 Å². The lowest BCUT2D eigenvalue weighted by Gasteiger charge is -2.07. The smallest absolute Gasteiger partial charge is 0.251 e. The molecular formula is C16H17N3O3. The second-order valence-electron chi connectivity index (χ2n) is 4.93. The summed E-state index contributed by atoms with van der Waals surface area (Å²) >= 11 is 0. The van der Waals surface area contributed by atoms with E-state index < -0.39 is 0 Å². The van der Waals surface area contributed by atoms with Gasteiger partial charge >= 0.3 is 0 Å². The van der Waals surface area contributed by atoms with Crippen molar-refractivity contribution in [3.8, 4) is 0 Å². The second kappa shape index (κ2) is 6.71. The van der Waals surface area contributed by atoms with Crippen LogP contribution >= 0.6 is 0 Å². The third-order valence-electron chi connectivity index (χ3n) is 3.09. The molecule has 0 bridgehead atoms. The van der Waals surface area contributed by atoms with Crippen LogP contribution in [0.25, 0.3) is 0 Å². The van der Waals surface area contributed by atoms with E-state index >= 15 is 0 Å². The number of aromatic nitrogens is 1. The molecule has 114 valence electrons. The summed E-state index contributed by atoms with van der Waals surface area (Å²) in [5, 5.41) is 5.42. The monoisotopic (exact) mass is 299 g/mol. The van der Waals surface area contributed by atoms with Crippen LogP contribution in [0, 0.1) is 0 Å². The van der Waals surface area contributed by atoms with Gasteiger partial charge in [-0.25, -0.2) is 0 Å². The normalized spacial score (nSPS) is 10.1. The first-order valence-corrected chi connectivity index (χ1v) is 6.77. The summed E-state index contributed by atoms with van der Waals surface area (Å²) in [5.74, 6) is -0.435. The molecule has 1 heterocycles. The molecule has 0 atom stereocenters. The van der Waals surface area contributed by atoms with E-state index in [9.17, 15) is 14.4 Å². The first kappa shape index (κ1) is 15.5. The molecule has 0 radical (unpaired) electrons. The minimum atomic E-state index is -0.302. The van der Waals surface area contributed by atoms with Crippen molar-refractivity contribution in [3.05, 3.63) is 64.1 Å². The van der Waals surface area contributed by atoms with Crippen molar-refractivity contribution in [2.75, 3.05) is 5.32 Å². The van der Waals surface area contributed by atoms with Gasteiger partial charge in [0.1, 0.15) is 0 Å². The molecule has 0 spiro atoms. The fourth-order valence-electron chi connectivity index (χ4n) is 1.88. The van der Waals surface area contributed by atoms with Gasteiger partial charge in [-0.1, -0.05) is 12.1 Å². The van der Waals surface area contributed by atoms with E-state index in [-0.39, 0.29) is 17.4 Å². The van der Waals surface area contributed by atoms with Crippen molar-refractivity contribution in [2.24, 2.45) is 7.05 Å². The molecule has 6 nitrogen and oxygen atoms in total. The largest absolute Gasteiger partial charge is 0.348 e. The van der Waals surface area contributed by atoms with Crippen molar-refractivity contribution in [2.45, 2.75) is 13.5 Å². The quantitative estimate of drug-likeness (QED) is 0.892. The molecular weight excluding hydrogens is 282 g/mol. The molecule has 0 aliphatic heterocycles. The van der Waals surface area contributed by atoms with Crippen molar-refractivity contribution in [1.29, 1.82) is 0 Å². The predicted octanol–water partition coefficient (Wildman–Crippen LogP) is 1.27. The topological polar surface area (TPSA) is 80.2 Å². The van der Waals surface area contributed by atoms with Gasteiger partial charge in [0.05, 0.1) is 0 Å². The van der Waals surface area contributed by atoms with E-state index in [0.717, 1.165) is 5.56 Å². The summed E-state index contributed by atoms with van der Waals surface area (Å²) in [4.78, 5) is 34.4. The molecule has 6 heteroatoms. The zero-order valence-electron chi connectivity index (χ0n) is 12.4. The fraction of sp³-hybridized carbons (Fsp3) is 0.188. The molecule has 0 aliphatic rings. The summed E-state index contributed by atoms with van der Waals surface area (Å²) in [7, 11) is 1.63. The van der Waals surface area contributed by atoms with Crippen LogP contribution in [0.15, 0.2) is 47.4 Å². The first-order chi connectivity index (χ1) is 10.5. The molecule has 1 aromatic heterocycles. The van der Waals surface area contributed by atoms with Crippen LogP contribution in [0.4, 0.5) is 5.69 Å². The summed E-state index contributed by atoms with van der Waals surface area (Å²) in [5.41, 5.74) is 1.70. The van der Waals surface area contributed by atoms with E-state index in [2.05, 4.69) is 10.6 Å². The summed E-state index contributed by atoms with van der Waals surface area (Å²) in [6.45, 7) is 1.78. The Balaban J connectivity index is 1.97. The molecule has 2 aromatic rings. The Labute approximate surface area is 127 Å². The number of benzene rings is 1. The van der Waals surface area contributed by atoms with Crippen LogP contribution in [-0.2, 0) is 18.4 Å². The molecule has 22 heavy (non-hydrogen) atoms. The number of anilines is 1. The number of rotatable bonds is 4. The highest BCUT2D eigenvalue weighted by Crippen LogP contribution is 2.09. The van der Waals surface area contributed by atoms with Gasteiger partial charge in [0.15, 0.2) is 0 Å². The lowest BCUT2D eigenvalue weighted by Crippen LogP contribution is -2.25. The zero-order chi connectivity index (χ0) is 16.1. The molecule has 0 saturated carbocycles. The van der Waals surface area contributed by atoms with Gasteiger partial charge in [0, 0.05) is 44.0 Å². The highest BCUT2D eigenvalue weighted by atomic mass is 16.2. The number of carbonyl (C=O) groups excluding carboxylic acids is 2. The van der Waals surface area contributed by atoms with Crippen LogP contribution in [0.3, 0.4) is 0 Å². The maximum absolute atomic E-state index is 12.0. The summed E-state index contributed by atoms with van der Waals surface area (Å²) < 4.78 is 1.40. The van der Waals surface area contributed by atoms with Gasteiger partial charge in [-0.15, -0.1) is 0 Å². The number of amides is 2. The third kappa shape index (κ3) is 4.05. The summed E-state index contributed by atoms with van der Waals surface area (Å²) in [6.07, 6.45) is 1.56. The maximum atomic E-state index is 12.0. The van der Waals surface area contributed by atoms with Crippen LogP contribution in [0.2, 0.25) is 0 Å². The number of hydrogen-bond acceptors (Lipinski definition) is 3. The SMILES string of the molecule is CC(=O)Nc1ccc(CNC(=O)c2ccn(C)c(=O)c2)cc1. The predicted molar refractivity (Wildman–Crippen MR) is 83.6 cm³/mol. The van der Waals surface area contributed by atoms with Crippen molar-refractivity contribution < 1.29 is 9.59 Å². The maximum Gasteiger partial charge on any atom is 0.251 e. The van der Waals surface area contributed by atoms with E-state index in [4.69, 9.17) is 0 Å². The Morgan fingerprint density at radius 1 is 1.14 bits per heavy atom. The third-order valence-corrected chi connectivity index (χ3v) is 3.09. The zero-order valence-corrected chi connectivity index (χ0v) is 12.4. The molecule has 0 saturated heterocycles. The molecule has 0 aliphatic carbocycles. The van der Waals surface area contributed by atoms with Crippen LogP contribution in [0.1, 0.15) is 22.8 Å². The van der Waals surface area contributed by atoms with Gasteiger partial charge in [0.2, 0.25) is 5.91 Å². The number of nitrogens with zero attached hydrogens (tertiary/aromatic N) is 1. The number of hydrogen-bond donors (Lipinski definition) is 2. The lowest BCUT2D eigenvalue weighted by molar-refractivity contribution is -0.114. The first-order valence-electron chi connectivity index (χ1n) is 6.77. The van der Waals surface area contributed by atoms with Crippen molar-refractivity contribution >= 4 is 17.5 Å². The van der Waals surface area contributed by atoms with Crippen molar-refractivity contribution in [3.63, 3.8) is 0 Å². The lowest BCUT2D eigenvalue weighted by atomic mass is 10.2. The van der Waals surface area contributed by atoms with E-state index in [1.54, 1.807) is 31.4 Å². The molecule has 1 aromatic carbocycles. The number of aryl methyl sites for hydroxylation is 1. The molecule has 2 N–H and O–H groups in total. The second-order valence-corrected chi connectivity index (χ2v) is 4.93. The Morgan fingerprint density at radius 2 is 1.82 bits per heavy atom. The molecule has 0 fully saturated rings. The molecule has 2 rings (SSSR count). The van der Waals surface area contributed by atoms with Gasteiger partial charge in [-0.2, -0.15) is 0 Å². The highest BCUT2D eigenvalue weighted by Gasteiger charge is 2.06. The van der Waals surface area contributed by atoms with Gasteiger partial charge in [0.25, 0.3) is 11.5 Å². The van der Waals surface area contributed by atoms with Gasteiger partial charge in [-0.05, 0) is 23.8 Å². The Hall–Kier alpha value is -2.89. The van der Waals surface area contributed by atoms with Crippen LogP contribution in [-0.4, -0.2) is 16.4 Å².